The Bertz CT molecular complexity index is 477. The lowest BCUT2D eigenvalue weighted by Gasteiger charge is -2.14. The molecular formula is C13H18ClN3O2. The first-order chi connectivity index (χ1) is 8.99. The third kappa shape index (κ3) is 4.22. The fraction of sp³-hybridized carbons (Fsp3) is 0.385. The molecule has 1 aromatic carbocycles. The summed E-state index contributed by atoms with van der Waals surface area (Å²) in [6, 6.07) is 4.57. The zero-order chi connectivity index (χ0) is 14.4. The van der Waals surface area contributed by atoms with Gasteiger partial charge in [-0.25, -0.2) is 0 Å². The van der Waals surface area contributed by atoms with Gasteiger partial charge in [0.25, 0.3) is 0 Å². The Morgan fingerprint density at radius 2 is 2.11 bits per heavy atom. The first kappa shape index (κ1) is 15.5. The smallest absolute Gasteiger partial charge is 0.250 e. The van der Waals surface area contributed by atoms with Crippen molar-refractivity contribution in [2.24, 2.45) is 17.4 Å². The van der Waals surface area contributed by atoms with Crippen molar-refractivity contribution in [3.63, 3.8) is 0 Å². The normalized spacial score (nSPS) is 11.9. The SMILES string of the molecule is CCCC(CN)C(=O)Nc1ccc(C(N)=O)c(Cl)c1. The zero-order valence-electron chi connectivity index (χ0n) is 10.8. The van der Waals surface area contributed by atoms with Gasteiger partial charge >= 0.3 is 0 Å². The third-order valence-electron chi connectivity index (χ3n) is 2.79. The van der Waals surface area contributed by atoms with Gasteiger partial charge in [0.2, 0.25) is 11.8 Å². The van der Waals surface area contributed by atoms with Gasteiger partial charge in [-0.15, -0.1) is 0 Å². The highest BCUT2D eigenvalue weighted by molar-refractivity contribution is 6.34. The van der Waals surface area contributed by atoms with E-state index in [1.54, 1.807) is 6.07 Å². The van der Waals surface area contributed by atoms with Crippen molar-refractivity contribution in [1.82, 2.24) is 0 Å². The molecule has 0 aliphatic carbocycles. The molecular weight excluding hydrogens is 266 g/mol. The van der Waals surface area contributed by atoms with Crippen molar-refractivity contribution in [1.29, 1.82) is 0 Å². The molecule has 0 fully saturated rings. The van der Waals surface area contributed by atoms with E-state index in [1.807, 2.05) is 6.92 Å². The maximum atomic E-state index is 11.9. The van der Waals surface area contributed by atoms with E-state index in [2.05, 4.69) is 5.32 Å². The zero-order valence-corrected chi connectivity index (χ0v) is 11.5. The van der Waals surface area contributed by atoms with Crippen molar-refractivity contribution in [3.05, 3.63) is 28.8 Å². The van der Waals surface area contributed by atoms with Crippen LogP contribution >= 0.6 is 11.6 Å². The summed E-state index contributed by atoms with van der Waals surface area (Å²) < 4.78 is 0. The number of benzene rings is 1. The first-order valence-electron chi connectivity index (χ1n) is 6.09. The number of nitrogens with one attached hydrogen (secondary N) is 1. The number of hydrogen-bond acceptors (Lipinski definition) is 3. The van der Waals surface area contributed by atoms with Gasteiger partial charge in [-0.2, -0.15) is 0 Å². The van der Waals surface area contributed by atoms with Crippen LogP contribution in [0.5, 0.6) is 0 Å². The van der Waals surface area contributed by atoms with Gasteiger partial charge in [0.05, 0.1) is 16.5 Å². The minimum absolute atomic E-state index is 0.146. The second-order valence-electron chi connectivity index (χ2n) is 4.27. The van der Waals surface area contributed by atoms with Crippen LogP contribution in [0.3, 0.4) is 0 Å². The van der Waals surface area contributed by atoms with Gasteiger partial charge in [0.1, 0.15) is 0 Å². The third-order valence-corrected chi connectivity index (χ3v) is 3.11. The Balaban J connectivity index is 2.80. The largest absolute Gasteiger partial charge is 0.366 e. The number of amides is 2. The number of nitrogens with two attached hydrogens (primary N) is 2. The van der Waals surface area contributed by atoms with Crippen LogP contribution in [-0.2, 0) is 4.79 Å². The minimum atomic E-state index is -0.603. The molecule has 5 N–H and O–H groups in total. The lowest BCUT2D eigenvalue weighted by molar-refractivity contribution is -0.119. The van der Waals surface area contributed by atoms with Gasteiger partial charge in [-0.05, 0) is 24.6 Å². The Hall–Kier alpha value is -1.59. The monoisotopic (exact) mass is 283 g/mol. The molecule has 104 valence electrons. The summed E-state index contributed by atoms with van der Waals surface area (Å²) in [6.07, 6.45) is 1.62. The number of anilines is 1. The summed E-state index contributed by atoms with van der Waals surface area (Å²) in [5.41, 5.74) is 11.5. The topological polar surface area (TPSA) is 98.2 Å². The van der Waals surface area contributed by atoms with Crippen molar-refractivity contribution in [3.8, 4) is 0 Å². The van der Waals surface area contributed by atoms with Crippen LogP contribution in [0.15, 0.2) is 18.2 Å². The lowest BCUT2D eigenvalue weighted by Crippen LogP contribution is -2.29. The van der Waals surface area contributed by atoms with Gasteiger partial charge in [0.15, 0.2) is 0 Å². The van der Waals surface area contributed by atoms with Gasteiger partial charge < -0.3 is 16.8 Å². The molecule has 0 spiro atoms. The highest BCUT2D eigenvalue weighted by Gasteiger charge is 2.16. The van der Waals surface area contributed by atoms with Crippen molar-refractivity contribution < 1.29 is 9.59 Å². The lowest BCUT2D eigenvalue weighted by atomic mass is 10.0. The summed E-state index contributed by atoms with van der Waals surface area (Å²) >= 11 is 5.91. The molecule has 5 nitrogen and oxygen atoms in total. The van der Waals surface area contributed by atoms with Crippen LogP contribution in [0.1, 0.15) is 30.1 Å². The molecule has 1 aromatic rings. The van der Waals surface area contributed by atoms with E-state index in [0.29, 0.717) is 12.2 Å². The van der Waals surface area contributed by atoms with Crippen LogP contribution in [0, 0.1) is 5.92 Å². The second-order valence-corrected chi connectivity index (χ2v) is 4.68. The predicted octanol–water partition coefficient (Wildman–Crippen LogP) is 1.75. The molecule has 0 heterocycles. The Morgan fingerprint density at radius 1 is 1.42 bits per heavy atom. The summed E-state index contributed by atoms with van der Waals surface area (Å²) in [6.45, 7) is 2.29. The Labute approximate surface area is 117 Å². The van der Waals surface area contributed by atoms with Crippen molar-refractivity contribution in [2.45, 2.75) is 19.8 Å². The van der Waals surface area contributed by atoms with Crippen LogP contribution in [0.25, 0.3) is 0 Å². The number of rotatable bonds is 6. The highest BCUT2D eigenvalue weighted by atomic mass is 35.5. The first-order valence-corrected chi connectivity index (χ1v) is 6.47. The molecule has 19 heavy (non-hydrogen) atoms. The standard InChI is InChI=1S/C13H18ClN3O2/c1-2-3-8(7-15)13(19)17-9-4-5-10(12(16)18)11(14)6-9/h4-6,8H,2-3,7,15H2,1H3,(H2,16,18)(H,17,19). The number of hydrogen-bond donors (Lipinski definition) is 3. The van der Waals surface area contributed by atoms with Crippen LogP contribution < -0.4 is 16.8 Å². The number of carbonyl (C=O) groups excluding carboxylic acids is 2. The maximum absolute atomic E-state index is 11.9. The number of primary amides is 1. The molecule has 0 bridgehead atoms. The van der Waals surface area contributed by atoms with Gasteiger partial charge in [0, 0.05) is 12.2 Å². The molecule has 0 radical (unpaired) electrons. The fourth-order valence-corrected chi connectivity index (χ4v) is 2.02. The Kier molecular flexibility index (Phi) is 5.79. The second kappa shape index (κ2) is 7.11. The summed E-state index contributed by atoms with van der Waals surface area (Å²) in [5, 5.41) is 2.94. The van der Waals surface area contributed by atoms with Crippen molar-refractivity contribution >= 4 is 29.1 Å². The maximum Gasteiger partial charge on any atom is 0.250 e. The van der Waals surface area contributed by atoms with Gasteiger partial charge in [-0.3, -0.25) is 9.59 Å². The molecule has 2 amide bonds. The van der Waals surface area contributed by atoms with E-state index in [4.69, 9.17) is 23.1 Å². The molecule has 1 rings (SSSR count). The molecule has 0 aliphatic heterocycles. The molecule has 0 aromatic heterocycles. The minimum Gasteiger partial charge on any atom is -0.366 e. The predicted molar refractivity (Wildman–Crippen MR) is 76.1 cm³/mol. The summed E-state index contributed by atoms with van der Waals surface area (Å²) in [4.78, 5) is 23.0. The highest BCUT2D eigenvalue weighted by Crippen LogP contribution is 2.21. The van der Waals surface area contributed by atoms with E-state index in [1.165, 1.54) is 12.1 Å². The van der Waals surface area contributed by atoms with E-state index < -0.39 is 5.91 Å². The average molecular weight is 284 g/mol. The van der Waals surface area contributed by atoms with E-state index >= 15 is 0 Å². The number of halogens is 1. The van der Waals surface area contributed by atoms with Crippen LogP contribution in [0.4, 0.5) is 5.69 Å². The Morgan fingerprint density at radius 3 is 2.58 bits per heavy atom. The van der Waals surface area contributed by atoms with Crippen LogP contribution in [0.2, 0.25) is 5.02 Å². The molecule has 0 saturated carbocycles. The molecule has 0 saturated heterocycles. The van der Waals surface area contributed by atoms with E-state index in [-0.39, 0.29) is 22.4 Å². The van der Waals surface area contributed by atoms with Gasteiger partial charge in [-0.1, -0.05) is 24.9 Å². The summed E-state index contributed by atoms with van der Waals surface area (Å²) in [5.74, 6) is -0.972. The molecule has 0 aliphatic rings. The van der Waals surface area contributed by atoms with Crippen molar-refractivity contribution in [2.75, 3.05) is 11.9 Å². The van der Waals surface area contributed by atoms with E-state index in [0.717, 1.165) is 12.8 Å². The quantitative estimate of drug-likeness (QED) is 0.742. The molecule has 1 unspecified atom stereocenters. The van der Waals surface area contributed by atoms with Crippen LogP contribution in [-0.4, -0.2) is 18.4 Å². The average Bonchev–Trinajstić information content (AvgIpc) is 2.35. The fourth-order valence-electron chi connectivity index (χ4n) is 1.74. The number of carbonyl (C=O) groups is 2. The molecule has 6 heteroatoms. The molecule has 1 atom stereocenters. The van der Waals surface area contributed by atoms with E-state index in [9.17, 15) is 9.59 Å². The summed E-state index contributed by atoms with van der Waals surface area (Å²) in [7, 11) is 0.